The maximum Gasteiger partial charge on any atom is 0.242 e. The fourth-order valence-electron chi connectivity index (χ4n) is 5.63. The second-order valence-electron chi connectivity index (χ2n) is 10.8. The SMILES string of the molecule is CCC(C)C(Nc1ccc2c(cc1=O)C(NC(C)=O)CCc1cc(OC)c(OC)c(OC)c1-2)C(=O)NCCn1cccc1. The Labute approximate surface area is 252 Å². The minimum Gasteiger partial charge on any atom is -0.493 e. The molecule has 230 valence electrons. The van der Waals surface area contributed by atoms with E-state index < -0.39 is 12.1 Å². The number of benzene rings is 1. The average molecular weight is 591 g/mol. The number of carbonyl (C=O) groups excluding carboxylic acids is 2. The van der Waals surface area contributed by atoms with Gasteiger partial charge in [-0.25, -0.2) is 0 Å². The molecule has 3 atom stereocenters. The monoisotopic (exact) mass is 590 g/mol. The number of anilines is 1. The minimum atomic E-state index is -0.623. The lowest BCUT2D eigenvalue weighted by atomic mass is 9.95. The predicted molar refractivity (Wildman–Crippen MR) is 167 cm³/mol. The lowest BCUT2D eigenvalue weighted by Gasteiger charge is -2.24. The number of hydrogen-bond acceptors (Lipinski definition) is 7. The number of nitrogens with zero attached hydrogens (tertiary/aromatic N) is 1. The molecular weight excluding hydrogens is 548 g/mol. The van der Waals surface area contributed by atoms with Crippen LogP contribution in [0.15, 0.2) is 53.6 Å². The molecule has 10 nitrogen and oxygen atoms in total. The zero-order valence-electron chi connectivity index (χ0n) is 25.8. The van der Waals surface area contributed by atoms with Gasteiger partial charge in [0, 0.05) is 38.0 Å². The number of rotatable bonds is 12. The number of hydrogen-bond donors (Lipinski definition) is 3. The number of aryl methyl sites for hydroxylation is 1. The van der Waals surface area contributed by atoms with Crippen LogP contribution in [-0.4, -0.2) is 50.3 Å². The molecule has 3 aromatic rings. The summed E-state index contributed by atoms with van der Waals surface area (Å²) in [7, 11) is 4.68. The first-order valence-electron chi connectivity index (χ1n) is 14.6. The number of fused-ring (bicyclic) bond motifs is 3. The Morgan fingerprint density at radius 3 is 2.40 bits per heavy atom. The highest BCUT2D eigenvalue weighted by atomic mass is 16.5. The normalized spacial score (nSPS) is 15.2. The minimum absolute atomic E-state index is 0.0426. The van der Waals surface area contributed by atoms with Crippen LogP contribution in [0.5, 0.6) is 17.2 Å². The molecule has 0 radical (unpaired) electrons. The van der Waals surface area contributed by atoms with Crippen molar-refractivity contribution in [3.05, 3.63) is 70.1 Å². The summed E-state index contributed by atoms with van der Waals surface area (Å²) in [5.41, 5.74) is 3.11. The van der Waals surface area contributed by atoms with E-state index in [-0.39, 0.29) is 23.2 Å². The van der Waals surface area contributed by atoms with Gasteiger partial charge in [-0.1, -0.05) is 26.3 Å². The van der Waals surface area contributed by atoms with Gasteiger partial charge in [0.1, 0.15) is 6.04 Å². The summed E-state index contributed by atoms with van der Waals surface area (Å²) in [6.07, 6.45) is 5.80. The second-order valence-corrected chi connectivity index (χ2v) is 10.8. The van der Waals surface area contributed by atoms with Crippen LogP contribution in [-0.2, 0) is 22.6 Å². The summed E-state index contributed by atoms with van der Waals surface area (Å²) in [6, 6.07) is 9.87. The van der Waals surface area contributed by atoms with Gasteiger partial charge in [-0.05, 0) is 65.8 Å². The first kappa shape index (κ1) is 31.5. The predicted octanol–water partition coefficient (Wildman–Crippen LogP) is 4.31. The van der Waals surface area contributed by atoms with Gasteiger partial charge in [0.15, 0.2) is 11.5 Å². The molecule has 1 aliphatic carbocycles. The van der Waals surface area contributed by atoms with E-state index in [2.05, 4.69) is 16.0 Å². The summed E-state index contributed by atoms with van der Waals surface area (Å²) in [4.78, 5) is 39.4. The van der Waals surface area contributed by atoms with E-state index in [0.717, 1.165) is 23.1 Å². The zero-order valence-corrected chi connectivity index (χ0v) is 25.8. The molecule has 1 aliphatic rings. The highest BCUT2D eigenvalue weighted by Crippen LogP contribution is 2.50. The fraction of sp³-hybridized carbons (Fsp3) is 0.424. The Morgan fingerprint density at radius 1 is 1.05 bits per heavy atom. The van der Waals surface area contributed by atoms with E-state index >= 15 is 0 Å². The number of ether oxygens (including phenoxy) is 3. The van der Waals surface area contributed by atoms with Crippen LogP contribution >= 0.6 is 0 Å². The summed E-state index contributed by atoms with van der Waals surface area (Å²) >= 11 is 0. The number of methoxy groups -OCH3 is 3. The van der Waals surface area contributed by atoms with Crippen molar-refractivity contribution in [3.8, 4) is 28.4 Å². The van der Waals surface area contributed by atoms with E-state index in [1.54, 1.807) is 33.5 Å². The molecule has 0 saturated heterocycles. The van der Waals surface area contributed by atoms with Crippen LogP contribution in [0, 0.1) is 5.92 Å². The van der Waals surface area contributed by atoms with Crippen molar-refractivity contribution >= 4 is 17.5 Å². The third-order valence-electron chi connectivity index (χ3n) is 8.06. The highest BCUT2D eigenvalue weighted by Gasteiger charge is 2.30. The van der Waals surface area contributed by atoms with Crippen molar-refractivity contribution in [1.82, 2.24) is 15.2 Å². The van der Waals surface area contributed by atoms with Gasteiger partial charge in [-0.15, -0.1) is 0 Å². The maximum absolute atomic E-state index is 13.8. The van der Waals surface area contributed by atoms with E-state index in [1.807, 2.05) is 55.1 Å². The van der Waals surface area contributed by atoms with Crippen LogP contribution in [0.4, 0.5) is 5.69 Å². The van der Waals surface area contributed by atoms with E-state index in [4.69, 9.17) is 14.2 Å². The van der Waals surface area contributed by atoms with Crippen LogP contribution in [0.1, 0.15) is 50.8 Å². The number of nitrogens with one attached hydrogen (secondary N) is 3. The van der Waals surface area contributed by atoms with Gasteiger partial charge >= 0.3 is 0 Å². The Morgan fingerprint density at radius 2 is 1.77 bits per heavy atom. The van der Waals surface area contributed by atoms with Crippen LogP contribution in [0.25, 0.3) is 11.1 Å². The fourth-order valence-corrected chi connectivity index (χ4v) is 5.63. The van der Waals surface area contributed by atoms with Crippen LogP contribution in [0.2, 0.25) is 0 Å². The largest absolute Gasteiger partial charge is 0.493 e. The highest BCUT2D eigenvalue weighted by molar-refractivity contribution is 5.86. The Hall–Kier alpha value is -4.47. The maximum atomic E-state index is 13.8. The third kappa shape index (κ3) is 6.96. The molecule has 0 fully saturated rings. The van der Waals surface area contributed by atoms with E-state index in [0.29, 0.717) is 54.4 Å². The molecule has 0 aliphatic heterocycles. The van der Waals surface area contributed by atoms with E-state index in [9.17, 15) is 14.4 Å². The van der Waals surface area contributed by atoms with Crippen molar-refractivity contribution < 1.29 is 23.8 Å². The van der Waals surface area contributed by atoms with Crippen LogP contribution in [0.3, 0.4) is 0 Å². The van der Waals surface area contributed by atoms with Crippen molar-refractivity contribution in [1.29, 1.82) is 0 Å². The van der Waals surface area contributed by atoms with E-state index in [1.165, 1.54) is 6.92 Å². The van der Waals surface area contributed by atoms with Crippen molar-refractivity contribution in [2.75, 3.05) is 33.2 Å². The number of carbonyl (C=O) groups is 2. The molecule has 43 heavy (non-hydrogen) atoms. The Kier molecular flexibility index (Phi) is 10.3. The molecule has 0 bridgehead atoms. The first-order valence-corrected chi connectivity index (χ1v) is 14.6. The standard InChI is InChI=1S/C33H42N4O6/c1-7-20(2)30(33(40)34-14-17-37-15-8-9-16-37)36-26-13-11-23-24(19-27(26)39)25(35-21(3)38)12-10-22-18-28(41-4)31(42-5)32(43-6)29(22)23/h8-9,11,13,15-16,18-20,25,30H,7,10,12,14,17H2,1-6H3,(H,34,40)(H,35,38)(H,36,39). The first-order chi connectivity index (χ1) is 20.7. The van der Waals surface area contributed by atoms with Gasteiger partial charge in [-0.3, -0.25) is 14.4 Å². The molecule has 3 unspecified atom stereocenters. The molecule has 0 saturated carbocycles. The van der Waals surface area contributed by atoms with Crippen LogP contribution < -0.4 is 35.6 Å². The summed E-state index contributed by atoms with van der Waals surface area (Å²) in [5.74, 6) is 1.04. The molecular formula is C33H42N4O6. The molecule has 10 heteroatoms. The molecule has 2 aromatic carbocycles. The van der Waals surface area contributed by atoms with Crippen molar-refractivity contribution in [2.24, 2.45) is 5.92 Å². The summed E-state index contributed by atoms with van der Waals surface area (Å²) in [6.45, 7) is 6.57. The smallest absolute Gasteiger partial charge is 0.242 e. The van der Waals surface area contributed by atoms with Gasteiger partial charge < -0.3 is 34.7 Å². The number of aromatic nitrogens is 1. The van der Waals surface area contributed by atoms with Crippen molar-refractivity contribution in [3.63, 3.8) is 0 Å². The lowest BCUT2D eigenvalue weighted by Crippen LogP contribution is -2.45. The Balaban J connectivity index is 1.79. The quantitative estimate of drug-likeness (QED) is 0.288. The molecule has 4 rings (SSSR count). The van der Waals surface area contributed by atoms with Gasteiger partial charge in [0.2, 0.25) is 23.0 Å². The van der Waals surface area contributed by atoms with Gasteiger partial charge in [0.05, 0.1) is 33.1 Å². The van der Waals surface area contributed by atoms with Crippen molar-refractivity contribution in [2.45, 2.75) is 58.7 Å². The molecule has 0 spiro atoms. The molecule has 2 amide bonds. The third-order valence-corrected chi connectivity index (χ3v) is 8.06. The number of amides is 2. The topological polar surface area (TPSA) is 120 Å². The Bertz CT molecular complexity index is 1500. The molecule has 1 heterocycles. The summed E-state index contributed by atoms with van der Waals surface area (Å²) in [5, 5.41) is 9.29. The summed E-state index contributed by atoms with van der Waals surface area (Å²) < 4.78 is 19.1. The zero-order chi connectivity index (χ0) is 31.1. The van der Waals surface area contributed by atoms with Gasteiger partial charge in [-0.2, -0.15) is 0 Å². The molecule has 1 aromatic heterocycles. The lowest BCUT2D eigenvalue weighted by molar-refractivity contribution is -0.123. The second kappa shape index (κ2) is 14.1. The molecule has 3 N–H and O–H groups in total. The van der Waals surface area contributed by atoms with Gasteiger partial charge in [0.25, 0.3) is 0 Å². The average Bonchev–Trinajstić information content (AvgIpc) is 3.41.